The third-order valence-electron chi connectivity index (χ3n) is 2.82. The van der Waals surface area contributed by atoms with Gasteiger partial charge in [0, 0.05) is 5.56 Å². The van der Waals surface area contributed by atoms with Crippen LogP contribution in [0.4, 0.5) is 26.3 Å². The quantitative estimate of drug-likeness (QED) is 0.351. The molecule has 0 saturated heterocycles. The lowest BCUT2D eigenvalue weighted by Gasteiger charge is -2.16. The second-order valence-electron chi connectivity index (χ2n) is 4.56. The van der Waals surface area contributed by atoms with Crippen molar-refractivity contribution in [3.63, 3.8) is 0 Å². The van der Waals surface area contributed by atoms with Crippen LogP contribution < -0.4 is 0 Å². The SMILES string of the molecule is CCOC(=O)C(CC(F)(F)F)C(=O)c1ccc(C(F)(F)F)cc1. The highest BCUT2D eigenvalue weighted by Gasteiger charge is 2.40. The van der Waals surface area contributed by atoms with Crippen LogP contribution in [0.25, 0.3) is 0 Å². The standard InChI is InChI=1S/C14H12F6O3/c1-2-23-12(22)10(7-13(15,16)17)11(21)8-3-5-9(6-4-8)14(18,19)20/h3-6,10H,2,7H2,1H3. The van der Waals surface area contributed by atoms with E-state index in [1.165, 1.54) is 6.92 Å². The predicted molar refractivity (Wildman–Crippen MR) is 66.6 cm³/mol. The molecule has 0 spiro atoms. The summed E-state index contributed by atoms with van der Waals surface area (Å²) < 4.78 is 79.2. The summed E-state index contributed by atoms with van der Waals surface area (Å²) in [5, 5.41) is 0. The fourth-order valence-electron chi connectivity index (χ4n) is 1.78. The van der Waals surface area contributed by atoms with Gasteiger partial charge in [-0.05, 0) is 19.1 Å². The molecule has 0 bridgehead atoms. The highest BCUT2D eigenvalue weighted by Crippen LogP contribution is 2.31. The van der Waals surface area contributed by atoms with Crippen LogP contribution in [-0.4, -0.2) is 24.5 Å². The van der Waals surface area contributed by atoms with Gasteiger partial charge in [0.2, 0.25) is 0 Å². The van der Waals surface area contributed by atoms with E-state index < -0.39 is 47.6 Å². The van der Waals surface area contributed by atoms with Crippen LogP contribution >= 0.6 is 0 Å². The molecule has 0 heterocycles. The molecule has 0 aliphatic rings. The summed E-state index contributed by atoms with van der Waals surface area (Å²) in [6, 6.07) is 2.58. The average molecular weight is 342 g/mol. The van der Waals surface area contributed by atoms with Crippen molar-refractivity contribution in [1.82, 2.24) is 0 Å². The second kappa shape index (κ2) is 7.01. The number of hydrogen-bond donors (Lipinski definition) is 0. The number of carbonyl (C=O) groups is 2. The van der Waals surface area contributed by atoms with Gasteiger partial charge in [-0.3, -0.25) is 9.59 Å². The smallest absolute Gasteiger partial charge is 0.416 e. The maximum absolute atomic E-state index is 12.5. The van der Waals surface area contributed by atoms with E-state index in [1.807, 2.05) is 0 Å². The summed E-state index contributed by atoms with van der Waals surface area (Å²) in [7, 11) is 0. The molecule has 1 unspecified atom stereocenters. The Morgan fingerprint density at radius 2 is 1.57 bits per heavy atom. The van der Waals surface area contributed by atoms with E-state index in [1.54, 1.807) is 0 Å². The van der Waals surface area contributed by atoms with Crippen molar-refractivity contribution in [2.45, 2.75) is 25.7 Å². The number of rotatable bonds is 5. The topological polar surface area (TPSA) is 43.4 Å². The Morgan fingerprint density at radius 3 is 1.96 bits per heavy atom. The van der Waals surface area contributed by atoms with Crippen molar-refractivity contribution in [3.8, 4) is 0 Å². The zero-order valence-corrected chi connectivity index (χ0v) is 11.8. The van der Waals surface area contributed by atoms with E-state index in [2.05, 4.69) is 4.74 Å². The molecule has 0 saturated carbocycles. The number of hydrogen-bond acceptors (Lipinski definition) is 3. The average Bonchev–Trinajstić information content (AvgIpc) is 2.42. The lowest BCUT2D eigenvalue weighted by atomic mass is 9.93. The third-order valence-corrected chi connectivity index (χ3v) is 2.82. The number of benzene rings is 1. The van der Waals surface area contributed by atoms with Crippen LogP contribution in [-0.2, 0) is 15.7 Å². The number of ketones is 1. The van der Waals surface area contributed by atoms with Crippen molar-refractivity contribution in [1.29, 1.82) is 0 Å². The number of Topliss-reactive ketones (excluding diaryl/α,β-unsaturated/α-hetero) is 1. The molecule has 0 aromatic heterocycles. The summed E-state index contributed by atoms with van der Waals surface area (Å²) in [5.41, 5.74) is -1.49. The Bertz CT molecular complexity index is 559. The largest absolute Gasteiger partial charge is 0.465 e. The Morgan fingerprint density at radius 1 is 1.04 bits per heavy atom. The minimum atomic E-state index is -4.81. The summed E-state index contributed by atoms with van der Waals surface area (Å²) in [6.45, 7) is 1.12. The van der Waals surface area contributed by atoms with Gasteiger partial charge in [0.25, 0.3) is 0 Å². The normalized spacial score (nSPS) is 13.5. The molecule has 0 aliphatic carbocycles. The molecule has 0 aliphatic heterocycles. The molecule has 1 aromatic carbocycles. The Labute approximate surface area is 127 Å². The lowest BCUT2D eigenvalue weighted by Crippen LogP contribution is -2.31. The van der Waals surface area contributed by atoms with E-state index in [4.69, 9.17) is 0 Å². The van der Waals surface area contributed by atoms with Crippen LogP contribution in [0, 0.1) is 5.92 Å². The summed E-state index contributed by atoms with van der Waals surface area (Å²) in [4.78, 5) is 23.6. The highest BCUT2D eigenvalue weighted by atomic mass is 19.4. The summed E-state index contributed by atoms with van der Waals surface area (Å²) in [6.07, 6.45) is -11.2. The molecule has 0 N–H and O–H groups in total. The van der Waals surface area contributed by atoms with Gasteiger partial charge in [0.1, 0.15) is 5.92 Å². The fourth-order valence-corrected chi connectivity index (χ4v) is 1.78. The second-order valence-corrected chi connectivity index (χ2v) is 4.56. The molecule has 1 atom stereocenters. The van der Waals surface area contributed by atoms with E-state index in [0.717, 1.165) is 12.1 Å². The van der Waals surface area contributed by atoms with Gasteiger partial charge in [0.15, 0.2) is 5.78 Å². The van der Waals surface area contributed by atoms with Crippen molar-refractivity contribution >= 4 is 11.8 Å². The van der Waals surface area contributed by atoms with Crippen LogP contribution in [0.1, 0.15) is 29.3 Å². The third kappa shape index (κ3) is 5.57. The molecule has 9 heteroatoms. The van der Waals surface area contributed by atoms with Crippen molar-refractivity contribution < 1.29 is 40.7 Å². The fraction of sp³-hybridized carbons (Fsp3) is 0.429. The summed E-state index contributed by atoms with van der Waals surface area (Å²) >= 11 is 0. The molecule has 0 radical (unpaired) electrons. The molecule has 3 nitrogen and oxygen atoms in total. The number of ether oxygens (including phenoxy) is 1. The Hall–Kier alpha value is -2.06. The summed E-state index contributed by atoms with van der Waals surface area (Å²) in [5.74, 6) is -4.75. The first-order valence-corrected chi connectivity index (χ1v) is 6.40. The van der Waals surface area contributed by atoms with Crippen LogP contribution in [0.15, 0.2) is 24.3 Å². The van der Waals surface area contributed by atoms with E-state index in [-0.39, 0.29) is 6.61 Å². The Kier molecular flexibility index (Phi) is 5.79. The molecule has 1 rings (SSSR count). The van der Waals surface area contributed by atoms with Crippen LogP contribution in [0.3, 0.4) is 0 Å². The predicted octanol–water partition coefficient (Wildman–Crippen LogP) is 4.02. The van der Waals surface area contributed by atoms with Gasteiger partial charge >= 0.3 is 18.3 Å². The van der Waals surface area contributed by atoms with Crippen LogP contribution in [0.5, 0.6) is 0 Å². The number of carbonyl (C=O) groups excluding carboxylic acids is 2. The molecular formula is C14H12F6O3. The van der Waals surface area contributed by atoms with Crippen molar-refractivity contribution in [2.75, 3.05) is 6.61 Å². The number of halogens is 6. The molecule has 0 fully saturated rings. The van der Waals surface area contributed by atoms with Gasteiger partial charge in [-0.1, -0.05) is 12.1 Å². The first kappa shape index (κ1) is 19.0. The lowest BCUT2D eigenvalue weighted by molar-refractivity contribution is -0.163. The molecule has 0 amide bonds. The van der Waals surface area contributed by atoms with Gasteiger partial charge < -0.3 is 4.74 Å². The van der Waals surface area contributed by atoms with Gasteiger partial charge in [-0.25, -0.2) is 0 Å². The molecular weight excluding hydrogens is 330 g/mol. The van der Waals surface area contributed by atoms with Gasteiger partial charge in [0.05, 0.1) is 18.6 Å². The van der Waals surface area contributed by atoms with E-state index in [0.29, 0.717) is 12.1 Å². The molecule has 23 heavy (non-hydrogen) atoms. The zero-order valence-electron chi connectivity index (χ0n) is 11.8. The van der Waals surface area contributed by atoms with Crippen molar-refractivity contribution in [2.24, 2.45) is 5.92 Å². The first-order chi connectivity index (χ1) is 10.5. The van der Waals surface area contributed by atoms with E-state index >= 15 is 0 Å². The molecule has 128 valence electrons. The highest BCUT2D eigenvalue weighted by molar-refractivity contribution is 6.08. The van der Waals surface area contributed by atoms with Crippen LogP contribution in [0.2, 0.25) is 0 Å². The first-order valence-electron chi connectivity index (χ1n) is 6.40. The monoisotopic (exact) mass is 342 g/mol. The zero-order chi connectivity index (χ0) is 17.8. The minimum Gasteiger partial charge on any atom is -0.465 e. The Balaban J connectivity index is 3.06. The molecule has 1 aromatic rings. The minimum absolute atomic E-state index is 0.229. The number of esters is 1. The maximum Gasteiger partial charge on any atom is 0.416 e. The van der Waals surface area contributed by atoms with Crippen molar-refractivity contribution in [3.05, 3.63) is 35.4 Å². The van der Waals surface area contributed by atoms with Gasteiger partial charge in [-0.15, -0.1) is 0 Å². The van der Waals surface area contributed by atoms with Gasteiger partial charge in [-0.2, -0.15) is 26.3 Å². The maximum atomic E-state index is 12.5. The number of alkyl halides is 6. The van der Waals surface area contributed by atoms with E-state index in [9.17, 15) is 35.9 Å².